The molecule has 1 aromatic heterocycles. The van der Waals surface area contributed by atoms with E-state index in [4.69, 9.17) is 9.15 Å². The number of carbonyl (C=O) groups is 1. The first-order valence-electron chi connectivity index (χ1n) is 9.10. The number of esters is 1. The minimum absolute atomic E-state index is 0.0710. The van der Waals surface area contributed by atoms with E-state index < -0.39 is 0 Å². The summed E-state index contributed by atoms with van der Waals surface area (Å²) >= 11 is 0. The standard InChI is InChI=1S/C21H22FN3O3/c1-2-27-21(26)15-25(13-17-8-10-18(22)11-9-17)14-20-24-23-19(28-20)12-16-6-4-3-5-7-16/h3-11H,2,12-15H2,1H3. The van der Waals surface area contributed by atoms with Crippen LogP contribution in [0.25, 0.3) is 0 Å². The van der Waals surface area contributed by atoms with Gasteiger partial charge in [0.05, 0.1) is 26.1 Å². The highest BCUT2D eigenvalue weighted by Gasteiger charge is 2.17. The van der Waals surface area contributed by atoms with E-state index in [2.05, 4.69) is 10.2 Å². The lowest BCUT2D eigenvalue weighted by Crippen LogP contribution is -2.30. The van der Waals surface area contributed by atoms with Crippen molar-refractivity contribution in [2.75, 3.05) is 13.2 Å². The smallest absolute Gasteiger partial charge is 0.320 e. The number of rotatable bonds is 9. The Balaban J connectivity index is 1.67. The zero-order valence-electron chi connectivity index (χ0n) is 15.7. The van der Waals surface area contributed by atoms with Crippen LogP contribution in [0, 0.1) is 5.82 Å². The Morgan fingerprint density at radius 2 is 1.71 bits per heavy atom. The van der Waals surface area contributed by atoms with Crippen molar-refractivity contribution in [3.05, 3.63) is 83.3 Å². The molecule has 7 heteroatoms. The number of aromatic nitrogens is 2. The molecular formula is C21H22FN3O3. The van der Waals surface area contributed by atoms with Gasteiger partial charge in [-0.15, -0.1) is 10.2 Å². The van der Waals surface area contributed by atoms with Crippen LogP contribution >= 0.6 is 0 Å². The molecule has 3 rings (SSSR count). The van der Waals surface area contributed by atoms with Gasteiger partial charge in [-0.05, 0) is 30.2 Å². The van der Waals surface area contributed by atoms with Gasteiger partial charge in [-0.1, -0.05) is 42.5 Å². The molecule has 3 aromatic rings. The lowest BCUT2D eigenvalue weighted by molar-refractivity contribution is -0.144. The molecule has 0 spiro atoms. The third kappa shape index (κ3) is 5.99. The van der Waals surface area contributed by atoms with Crippen molar-refractivity contribution < 1.29 is 18.3 Å². The Bertz CT molecular complexity index is 881. The minimum atomic E-state index is -0.339. The Labute approximate surface area is 163 Å². The minimum Gasteiger partial charge on any atom is -0.465 e. The van der Waals surface area contributed by atoms with Gasteiger partial charge in [0.15, 0.2) is 0 Å². The van der Waals surface area contributed by atoms with Gasteiger partial charge in [-0.2, -0.15) is 0 Å². The number of hydrogen-bond donors (Lipinski definition) is 0. The highest BCUT2D eigenvalue weighted by Crippen LogP contribution is 2.13. The zero-order valence-corrected chi connectivity index (χ0v) is 15.7. The van der Waals surface area contributed by atoms with Crippen molar-refractivity contribution in [1.82, 2.24) is 15.1 Å². The maximum absolute atomic E-state index is 13.1. The van der Waals surface area contributed by atoms with E-state index in [1.165, 1.54) is 12.1 Å². The van der Waals surface area contributed by atoms with E-state index in [0.717, 1.165) is 11.1 Å². The normalized spacial score (nSPS) is 11.0. The summed E-state index contributed by atoms with van der Waals surface area (Å²) in [4.78, 5) is 13.8. The molecular weight excluding hydrogens is 361 g/mol. The topological polar surface area (TPSA) is 68.5 Å². The number of halogens is 1. The third-order valence-corrected chi connectivity index (χ3v) is 4.04. The maximum atomic E-state index is 13.1. The molecule has 0 aliphatic heterocycles. The molecule has 1 heterocycles. The molecule has 0 aliphatic rings. The zero-order chi connectivity index (χ0) is 19.8. The summed E-state index contributed by atoms with van der Waals surface area (Å²) in [5, 5.41) is 8.18. The molecule has 0 saturated carbocycles. The maximum Gasteiger partial charge on any atom is 0.320 e. The van der Waals surface area contributed by atoms with Gasteiger partial charge in [-0.25, -0.2) is 4.39 Å². The van der Waals surface area contributed by atoms with Gasteiger partial charge < -0.3 is 9.15 Å². The van der Waals surface area contributed by atoms with Crippen molar-refractivity contribution in [1.29, 1.82) is 0 Å². The third-order valence-electron chi connectivity index (χ3n) is 4.04. The highest BCUT2D eigenvalue weighted by atomic mass is 19.1. The van der Waals surface area contributed by atoms with Gasteiger partial charge in [-0.3, -0.25) is 9.69 Å². The van der Waals surface area contributed by atoms with E-state index in [1.807, 2.05) is 35.2 Å². The van der Waals surface area contributed by atoms with Crippen molar-refractivity contribution in [2.24, 2.45) is 0 Å². The Kier molecular flexibility index (Phi) is 6.86. The van der Waals surface area contributed by atoms with Crippen molar-refractivity contribution in [3.63, 3.8) is 0 Å². The van der Waals surface area contributed by atoms with Crippen LogP contribution in [0.1, 0.15) is 29.8 Å². The molecule has 0 saturated heterocycles. The fourth-order valence-electron chi connectivity index (χ4n) is 2.79. The van der Waals surface area contributed by atoms with Crippen LogP contribution in [0.4, 0.5) is 4.39 Å². The van der Waals surface area contributed by atoms with Gasteiger partial charge >= 0.3 is 5.97 Å². The molecule has 0 N–H and O–H groups in total. The van der Waals surface area contributed by atoms with Crippen molar-refractivity contribution in [2.45, 2.75) is 26.4 Å². The van der Waals surface area contributed by atoms with Crippen molar-refractivity contribution in [3.8, 4) is 0 Å². The van der Waals surface area contributed by atoms with Crippen LogP contribution in [0.2, 0.25) is 0 Å². The largest absolute Gasteiger partial charge is 0.465 e. The molecule has 146 valence electrons. The monoisotopic (exact) mass is 383 g/mol. The molecule has 0 amide bonds. The summed E-state index contributed by atoms with van der Waals surface area (Å²) in [6.45, 7) is 2.86. The summed E-state index contributed by atoms with van der Waals surface area (Å²) in [7, 11) is 0. The molecule has 0 aliphatic carbocycles. The Morgan fingerprint density at radius 3 is 2.43 bits per heavy atom. The van der Waals surface area contributed by atoms with E-state index in [-0.39, 0.29) is 24.9 Å². The molecule has 2 aromatic carbocycles. The summed E-state index contributed by atoms with van der Waals surface area (Å²) in [5.74, 6) is 0.285. The average molecular weight is 383 g/mol. The molecule has 0 radical (unpaired) electrons. The van der Waals surface area contributed by atoms with Crippen LogP contribution < -0.4 is 0 Å². The quantitative estimate of drug-likeness (QED) is 0.528. The second-order valence-corrected chi connectivity index (χ2v) is 6.33. The number of ether oxygens (including phenoxy) is 1. The van der Waals surface area contributed by atoms with Crippen LogP contribution in [0.5, 0.6) is 0 Å². The number of hydrogen-bond acceptors (Lipinski definition) is 6. The summed E-state index contributed by atoms with van der Waals surface area (Å²) in [5.41, 5.74) is 1.95. The van der Waals surface area contributed by atoms with Gasteiger partial charge in [0, 0.05) is 6.54 Å². The molecule has 0 bridgehead atoms. The second-order valence-electron chi connectivity index (χ2n) is 6.33. The molecule has 0 atom stereocenters. The predicted octanol–water partition coefficient (Wildman–Crippen LogP) is 3.36. The number of benzene rings is 2. The van der Waals surface area contributed by atoms with Gasteiger partial charge in [0.2, 0.25) is 11.8 Å². The number of nitrogens with zero attached hydrogens (tertiary/aromatic N) is 3. The van der Waals surface area contributed by atoms with E-state index in [1.54, 1.807) is 19.1 Å². The fourth-order valence-corrected chi connectivity index (χ4v) is 2.79. The second kappa shape index (κ2) is 9.75. The first kappa shape index (κ1) is 19.7. The molecule has 6 nitrogen and oxygen atoms in total. The lowest BCUT2D eigenvalue weighted by Gasteiger charge is -2.19. The van der Waals surface area contributed by atoms with Crippen LogP contribution in [0.15, 0.2) is 59.0 Å². The first-order chi connectivity index (χ1) is 13.6. The van der Waals surface area contributed by atoms with Gasteiger partial charge in [0.25, 0.3) is 0 Å². The van der Waals surface area contributed by atoms with E-state index in [0.29, 0.717) is 31.4 Å². The van der Waals surface area contributed by atoms with Crippen LogP contribution in [-0.4, -0.2) is 34.2 Å². The Hall–Kier alpha value is -3.06. The highest BCUT2D eigenvalue weighted by molar-refractivity contribution is 5.71. The molecule has 0 fully saturated rings. The van der Waals surface area contributed by atoms with E-state index in [9.17, 15) is 9.18 Å². The van der Waals surface area contributed by atoms with Crippen LogP contribution in [-0.2, 0) is 29.0 Å². The number of carbonyl (C=O) groups excluding carboxylic acids is 1. The van der Waals surface area contributed by atoms with Crippen LogP contribution in [0.3, 0.4) is 0 Å². The SMILES string of the molecule is CCOC(=O)CN(Cc1ccc(F)cc1)Cc1nnc(Cc2ccccc2)o1. The average Bonchev–Trinajstić information content (AvgIpc) is 3.11. The first-order valence-corrected chi connectivity index (χ1v) is 9.10. The fraction of sp³-hybridized carbons (Fsp3) is 0.286. The van der Waals surface area contributed by atoms with E-state index >= 15 is 0 Å². The molecule has 0 unspecified atom stereocenters. The van der Waals surface area contributed by atoms with Gasteiger partial charge in [0.1, 0.15) is 5.82 Å². The van der Waals surface area contributed by atoms with Crippen molar-refractivity contribution >= 4 is 5.97 Å². The Morgan fingerprint density at radius 1 is 1.00 bits per heavy atom. The summed E-state index contributed by atoms with van der Waals surface area (Å²) < 4.78 is 23.9. The summed E-state index contributed by atoms with van der Waals surface area (Å²) in [6, 6.07) is 16.0. The lowest BCUT2D eigenvalue weighted by atomic mass is 10.2. The molecule has 28 heavy (non-hydrogen) atoms. The summed E-state index contributed by atoms with van der Waals surface area (Å²) in [6.07, 6.45) is 0.545. The predicted molar refractivity (Wildman–Crippen MR) is 101 cm³/mol.